The molecule has 33 heavy (non-hydrogen) atoms. The zero-order chi connectivity index (χ0) is 24.2. The van der Waals surface area contributed by atoms with Crippen molar-refractivity contribution in [3.63, 3.8) is 0 Å². The third kappa shape index (κ3) is 6.80. The molecule has 2 aromatic rings. The molecule has 0 spiro atoms. The van der Waals surface area contributed by atoms with Gasteiger partial charge in [-0.05, 0) is 75.6 Å². The average molecular weight is 509 g/mol. The molecular formula is C23H26Cl2N4O3S. The maximum Gasteiger partial charge on any atom is 0.269 e. The van der Waals surface area contributed by atoms with Gasteiger partial charge >= 0.3 is 0 Å². The molecule has 176 valence electrons. The van der Waals surface area contributed by atoms with Gasteiger partial charge in [-0.2, -0.15) is 0 Å². The second-order valence-corrected chi connectivity index (χ2v) is 9.52. The maximum absolute atomic E-state index is 12.9. The summed E-state index contributed by atoms with van der Waals surface area (Å²) in [4.78, 5) is 29.6. The van der Waals surface area contributed by atoms with Gasteiger partial charge in [0.05, 0.1) is 10.7 Å². The normalized spacial score (nSPS) is 14.5. The number of hydrogen-bond donors (Lipinski definition) is 2. The number of thiocarbonyl (C=S) groups is 1. The number of nitrogens with zero attached hydrogens (tertiary/aromatic N) is 2. The largest absolute Gasteiger partial charge is 0.478 e. The molecule has 2 N–H and O–H groups in total. The van der Waals surface area contributed by atoms with Gasteiger partial charge in [0.15, 0.2) is 10.7 Å². The summed E-state index contributed by atoms with van der Waals surface area (Å²) in [7, 11) is 2.03. The Balaban J connectivity index is 1.63. The van der Waals surface area contributed by atoms with E-state index >= 15 is 0 Å². The fourth-order valence-corrected chi connectivity index (χ4v) is 3.69. The molecule has 1 aliphatic rings. The average Bonchev–Trinajstić information content (AvgIpc) is 2.76. The molecule has 0 bridgehead atoms. The standard InChI is InChI=1S/C23H26Cl2N4O3S/c1-23(2,32-17-7-5-16(24)6-8-17)21(31)27-22(33)26-19-14-15(4-9-18(19)25)20(30)29-12-10-28(3)11-13-29/h4-9,14H,10-13H2,1-3H3,(H2,26,27,31,33). The van der Waals surface area contributed by atoms with E-state index in [1.165, 1.54) is 0 Å². The summed E-state index contributed by atoms with van der Waals surface area (Å²) in [6, 6.07) is 11.7. The summed E-state index contributed by atoms with van der Waals surface area (Å²) in [6.45, 7) is 6.24. The number of halogens is 2. The molecule has 0 aromatic heterocycles. The highest BCUT2D eigenvalue weighted by Gasteiger charge is 2.31. The summed E-state index contributed by atoms with van der Waals surface area (Å²) in [5, 5.41) is 6.50. The lowest BCUT2D eigenvalue weighted by Gasteiger charge is -2.32. The number of rotatable bonds is 5. The van der Waals surface area contributed by atoms with Crippen LogP contribution in [0, 0.1) is 0 Å². The first-order valence-electron chi connectivity index (χ1n) is 10.4. The minimum absolute atomic E-state index is 0.0406. The number of hydrogen-bond acceptors (Lipinski definition) is 5. The number of piperazine rings is 1. The topological polar surface area (TPSA) is 73.9 Å². The van der Waals surface area contributed by atoms with E-state index in [0.29, 0.717) is 40.1 Å². The van der Waals surface area contributed by atoms with Crippen molar-refractivity contribution in [2.24, 2.45) is 0 Å². The monoisotopic (exact) mass is 508 g/mol. The van der Waals surface area contributed by atoms with Gasteiger partial charge in [0.2, 0.25) is 0 Å². The Kier molecular flexibility index (Phi) is 8.18. The number of anilines is 1. The lowest BCUT2D eigenvalue weighted by molar-refractivity contribution is -0.132. The molecule has 0 radical (unpaired) electrons. The third-order valence-electron chi connectivity index (χ3n) is 5.21. The van der Waals surface area contributed by atoms with Gasteiger partial charge in [0, 0.05) is 36.8 Å². The van der Waals surface area contributed by atoms with Crippen LogP contribution < -0.4 is 15.4 Å². The van der Waals surface area contributed by atoms with Crippen LogP contribution in [0.1, 0.15) is 24.2 Å². The van der Waals surface area contributed by atoms with Gasteiger partial charge in [0.25, 0.3) is 11.8 Å². The van der Waals surface area contributed by atoms with Crippen LogP contribution in [-0.2, 0) is 4.79 Å². The summed E-state index contributed by atoms with van der Waals surface area (Å²) in [5.74, 6) is -0.0254. The highest BCUT2D eigenvalue weighted by atomic mass is 35.5. The molecule has 1 heterocycles. The number of carbonyl (C=O) groups is 2. The highest BCUT2D eigenvalue weighted by molar-refractivity contribution is 7.80. The Morgan fingerprint density at radius 3 is 2.30 bits per heavy atom. The fourth-order valence-electron chi connectivity index (χ4n) is 3.20. The van der Waals surface area contributed by atoms with Crippen LogP contribution in [0.3, 0.4) is 0 Å². The van der Waals surface area contributed by atoms with Crippen molar-refractivity contribution >= 4 is 58.0 Å². The van der Waals surface area contributed by atoms with Crippen molar-refractivity contribution in [3.05, 3.63) is 58.1 Å². The predicted octanol–water partition coefficient (Wildman–Crippen LogP) is 4.05. The molecule has 0 atom stereocenters. The molecule has 7 nitrogen and oxygen atoms in total. The number of ether oxygens (including phenoxy) is 1. The first kappa shape index (κ1) is 25.2. The van der Waals surface area contributed by atoms with E-state index in [1.54, 1.807) is 56.3 Å². The van der Waals surface area contributed by atoms with Gasteiger partial charge < -0.3 is 19.9 Å². The van der Waals surface area contributed by atoms with E-state index in [9.17, 15) is 9.59 Å². The fraction of sp³-hybridized carbons (Fsp3) is 0.348. The van der Waals surface area contributed by atoms with E-state index in [0.717, 1.165) is 13.1 Å². The predicted molar refractivity (Wildman–Crippen MR) is 135 cm³/mol. The molecule has 10 heteroatoms. The van der Waals surface area contributed by atoms with Crippen LogP contribution in [0.2, 0.25) is 10.0 Å². The molecule has 1 saturated heterocycles. The Morgan fingerprint density at radius 1 is 1.03 bits per heavy atom. The summed E-state index contributed by atoms with van der Waals surface area (Å²) in [5.41, 5.74) is -0.284. The van der Waals surface area contributed by atoms with E-state index in [1.807, 2.05) is 11.9 Å². The Bertz CT molecular complexity index is 1040. The first-order valence-corrected chi connectivity index (χ1v) is 11.6. The van der Waals surface area contributed by atoms with Crippen LogP contribution in [0.5, 0.6) is 5.75 Å². The van der Waals surface area contributed by atoms with Crippen molar-refractivity contribution in [1.82, 2.24) is 15.1 Å². The zero-order valence-corrected chi connectivity index (χ0v) is 21.0. The van der Waals surface area contributed by atoms with Crippen molar-refractivity contribution in [3.8, 4) is 5.75 Å². The van der Waals surface area contributed by atoms with E-state index < -0.39 is 11.5 Å². The van der Waals surface area contributed by atoms with E-state index in [2.05, 4.69) is 15.5 Å². The van der Waals surface area contributed by atoms with Gasteiger partial charge in [0.1, 0.15) is 5.75 Å². The molecule has 0 aliphatic carbocycles. The van der Waals surface area contributed by atoms with E-state index in [4.69, 9.17) is 40.2 Å². The first-order chi connectivity index (χ1) is 15.5. The van der Waals surface area contributed by atoms with Crippen LogP contribution in [-0.4, -0.2) is 65.6 Å². The van der Waals surface area contributed by atoms with Gasteiger partial charge in [-0.3, -0.25) is 14.9 Å². The smallest absolute Gasteiger partial charge is 0.269 e. The lowest BCUT2D eigenvalue weighted by atomic mass is 10.1. The van der Waals surface area contributed by atoms with Crippen molar-refractivity contribution in [2.75, 3.05) is 38.5 Å². The molecule has 3 rings (SSSR count). The molecule has 0 unspecified atom stereocenters. The molecule has 2 amide bonds. The van der Waals surface area contributed by atoms with Crippen molar-refractivity contribution in [2.45, 2.75) is 19.4 Å². The van der Waals surface area contributed by atoms with Crippen LogP contribution in [0.25, 0.3) is 0 Å². The van der Waals surface area contributed by atoms with Crippen molar-refractivity contribution in [1.29, 1.82) is 0 Å². The molecule has 0 saturated carbocycles. The number of nitrogens with one attached hydrogen (secondary N) is 2. The quantitative estimate of drug-likeness (QED) is 0.593. The lowest BCUT2D eigenvalue weighted by Crippen LogP contribution is -2.49. The summed E-state index contributed by atoms with van der Waals surface area (Å²) < 4.78 is 5.78. The van der Waals surface area contributed by atoms with Gasteiger partial charge in [-0.25, -0.2) is 0 Å². The molecule has 2 aromatic carbocycles. The van der Waals surface area contributed by atoms with Gasteiger partial charge in [-0.15, -0.1) is 0 Å². The Labute approximate surface area is 209 Å². The number of amides is 2. The minimum atomic E-state index is -1.21. The summed E-state index contributed by atoms with van der Waals surface area (Å²) in [6.07, 6.45) is 0. The van der Waals surface area contributed by atoms with Crippen molar-refractivity contribution < 1.29 is 14.3 Å². The molecular weight excluding hydrogens is 483 g/mol. The second kappa shape index (κ2) is 10.7. The minimum Gasteiger partial charge on any atom is -0.478 e. The third-order valence-corrected chi connectivity index (χ3v) is 6.00. The van der Waals surface area contributed by atoms with Crippen LogP contribution >= 0.6 is 35.4 Å². The second-order valence-electron chi connectivity index (χ2n) is 8.26. The van der Waals surface area contributed by atoms with Crippen LogP contribution in [0.15, 0.2) is 42.5 Å². The Morgan fingerprint density at radius 2 is 1.67 bits per heavy atom. The number of benzene rings is 2. The maximum atomic E-state index is 12.9. The zero-order valence-electron chi connectivity index (χ0n) is 18.7. The number of likely N-dealkylation sites (N-methyl/N-ethyl adjacent to an activating group) is 1. The summed E-state index contributed by atoms with van der Waals surface area (Å²) >= 11 is 17.5. The highest BCUT2D eigenvalue weighted by Crippen LogP contribution is 2.25. The SMILES string of the molecule is CN1CCN(C(=O)c2ccc(Cl)c(NC(=S)NC(=O)C(C)(C)Oc3ccc(Cl)cc3)c2)CC1. The van der Waals surface area contributed by atoms with Crippen LogP contribution in [0.4, 0.5) is 5.69 Å². The molecule has 1 fully saturated rings. The molecule has 1 aliphatic heterocycles. The van der Waals surface area contributed by atoms with E-state index in [-0.39, 0.29) is 11.0 Å². The van der Waals surface area contributed by atoms with Gasteiger partial charge in [-0.1, -0.05) is 23.2 Å². The number of carbonyl (C=O) groups excluding carboxylic acids is 2. The Hall–Kier alpha value is -2.39.